The molecule has 1 rings (SSSR count). The van der Waals surface area contributed by atoms with Gasteiger partial charge in [0.15, 0.2) is 0 Å². The number of aromatic carboxylic acids is 1. The lowest BCUT2D eigenvalue weighted by atomic mass is 10.2. The van der Waals surface area contributed by atoms with Gasteiger partial charge in [0.1, 0.15) is 5.69 Å². The highest BCUT2D eigenvalue weighted by Gasteiger charge is 2.04. The minimum Gasteiger partial charge on any atom is -0.477 e. The predicted molar refractivity (Wildman–Crippen MR) is 52.0 cm³/mol. The summed E-state index contributed by atoms with van der Waals surface area (Å²) in [5.74, 6) is -0.975. The smallest absolute Gasteiger partial charge is 0.354 e. The van der Waals surface area contributed by atoms with E-state index < -0.39 is 5.97 Å². The van der Waals surface area contributed by atoms with Crippen LogP contribution in [0.15, 0.2) is 12.1 Å². The normalized spacial score (nSPS) is 8.62. The lowest BCUT2D eigenvalue weighted by molar-refractivity contribution is 0.0690. The van der Waals surface area contributed by atoms with E-state index in [4.69, 9.17) is 5.11 Å². The van der Waals surface area contributed by atoms with Gasteiger partial charge in [-0.2, -0.15) is 0 Å². The molecular formula is C10H15NO2. The molecule has 3 heteroatoms. The van der Waals surface area contributed by atoms with Crippen LogP contribution in [-0.2, 0) is 0 Å². The van der Waals surface area contributed by atoms with Crippen molar-refractivity contribution in [3.8, 4) is 0 Å². The van der Waals surface area contributed by atoms with Gasteiger partial charge in [0, 0.05) is 5.69 Å². The highest BCUT2D eigenvalue weighted by molar-refractivity contribution is 5.85. The Hall–Kier alpha value is -1.38. The summed E-state index contributed by atoms with van der Waals surface area (Å²) >= 11 is 0. The van der Waals surface area contributed by atoms with E-state index in [1.54, 1.807) is 13.0 Å². The monoisotopic (exact) mass is 181 g/mol. The molecule has 0 aromatic carbocycles. The zero-order valence-corrected chi connectivity index (χ0v) is 8.46. The van der Waals surface area contributed by atoms with E-state index in [-0.39, 0.29) is 5.69 Å². The zero-order chi connectivity index (χ0) is 10.4. The number of rotatable bonds is 1. The number of carboxylic acid groups (broad SMARTS) is 1. The van der Waals surface area contributed by atoms with E-state index in [9.17, 15) is 4.79 Å². The number of aryl methyl sites for hydroxylation is 2. The number of aromatic nitrogens is 1. The molecule has 1 heterocycles. The van der Waals surface area contributed by atoms with Crippen LogP contribution >= 0.6 is 0 Å². The maximum Gasteiger partial charge on any atom is 0.354 e. The molecule has 13 heavy (non-hydrogen) atoms. The summed E-state index contributed by atoms with van der Waals surface area (Å²) in [7, 11) is 0. The first kappa shape index (κ1) is 11.6. The van der Waals surface area contributed by atoms with Crippen molar-refractivity contribution in [2.45, 2.75) is 27.7 Å². The average molecular weight is 181 g/mol. The van der Waals surface area contributed by atoms with E-state index >= 15 is 0 Å². The Morgan fingerprint density at radius 1 is 1.31 bits per heavy atom. The van der Waals surface area contributed by atoms with Crippen molar-refractivity contribution in [1.82, 2.24) is 4.98 Å². The first-order valence-electron chi connectivity index (χ1n) is 4.28. The molecule has 0 saturated heterocycles. The van der Waals surface area contributed by atoms with Crippen molar-refractivity contribution >= 4 is 5.97 Å². The molecule has 1 aromatic heterocycles. The van der Waals surface area contributed by atoms with Gasteiger partial charge < -0.3 is 5.11 Å². The average Bonchev–Trinajstić information content (AvgIpc) is 2.06. The molecule has 0 spiro atoms. The number of carboxylic acids is 1. The molecule has 0 aliphatic rings. The summed E-state index contributed by atoms with van der Waals surface area (Å²) in [6.45, 7) is 7.63. The lowest BCUT2D eigenvalue weighted by Gasteiger charge is -1.97. The fourth-order valence-corrected chi connectivity index (χ4v) is 0.951. The highest BCUT2D eigenvalue weighted by atomic mass is 16.4. The number of hydrogen-bond donors (Lipinski definition) is 1. The summed E-state index contributed by atoms with van der Waals surface area (Å²) in [6.07, 6.45) is 0. The minimum atomic E-state index is -0.975. The van der Waals surface area contributed by atoms with Gasteiger partial charge in [0.05, 0.1) is 0 Å². The molecule has 0 amide bonds. The van der Waals surface area contributed by atoms with Crippen molar-refractivity contribution in [1.29, 1.82) is 0 Å². The molecule has 1 aromatic rings. The summed E-state index contributed by atoms with van der Waals surface area (Å²) < 4.78 is 0. The SMILES string of the molecule is CC.Cc1cc(C)nc(C(=O)O)c1. The van der Waals surface area contributed by atoms with E-state index in [2.05, 4.69) is 4.98 Å². The van der Waals surface area contributed by atoms with E-state index in [0.29, 0.717) is 0 Å². The summed E-state index contributed by atoms with van der Waals surface area (Å²) in [5, 5.41) is 8.57. The highest BCUT2D eigenvalue weighted by Crippen LogP contribution is 2.03. The number of pyridine rings is 1. The Morgan fingerprint density at radius 2 is 1.85 bits per heavy atom. The second-order valence-corrected chi connectivity index (χ2v) is 2.48. The molecule has 0 fully saturated rings. The van der Waals surface area contributed by atoms with Crippen LogP contribution < -0.4 is 0 Å². The third-order valence-electron chi connectivity index (χ3n) is 1.32. The molecule has 0 saturated carbocycles. The van der Waals surface area contributed by atoms with Crippen LogP contribution in [0.4, 0.5) is 0 Å². The van der Waals surface area contributed by atoms with Crippen molar-refractivity contribution in [2.24, 2.45) is 0 Å². The first-order valence-corrected chi connectivity index (χ1v) is 4.28. The topological polar surface area (TPSA) is 50.2 Å². The minimum absolute atomic E-state index is 0.113. The second kappa shape index (κ2) is 5.30. The Morgan fingerprint density at radius 3 is 2.23 bits per heavy atom. The lowest BCUT2D eigenvalue weighted by Crippen LogP contribution is -2.01. The second-order valence-electron chi connectivity index (χ2n) is 2.48. The largest absolute Gasteiger partial charge is 0.477 e. The van der Waals surface area contributed by atoms with Crippen molar-refractivity contribution in [2.75, 3.05) is 0 Å². The molecule has 0 radical (unpaired) electrons. The number of hydrogen-bond acceptors (Lipinski definition) is 2. The molecular weight excluding hydrogens is 166 g/mol. The van der Waals surface area contributed by atoms with Crippen LogP contribution in [0.2, 0.25) is 0 Å². The van der Waals surface area contributed by atoms with Crippen molar-refractivity contribution < 1.29 is 9.90 Å². The molecule has 0 bridgehead atoms. The maximum absolute atomic E-state index is 10.4. The number of nitrogens with zero attached hydrogens (tertiary/aromatic N) is 1. The van der Waals surface area contributed by atoms with Gasteiger partial charge in [0.2, 0.25) is 0 Å². The standard InChI is InChI=1S/C8H9NO2.C2H6/c1-5-3-6(2)9-7(4-5)8(10)11;1-2/h3-4H,1-2H3,(H,10,11);1-2H3. The predicted octanol–water partition coefficient (Wildman–Crippen LogP) is 2.42. The molecule has 72 valence electrons. The van der Waals surface area contributed by atoms with Gasteiger partial charge in [-0.05, 0) is 31.5 Å². The Labute approximate surface area is 78.4 Å². The number of carbonyl (C=O) groups is 1. The van der Waals surface area contributed by atoms with E-state index in [0.717, 1.165) is 11.3 Å². The van der Waals surface area contributed by atoms with Crippen LogP contribution in [-0.4, -0.2) is 16.1 Å². The van der Waals surface area contributed by atoms with Gasteiger partial charge >= 0.3 is 5.97 Å². The third kappa shape index (κ3) is 3.69. The van der Waals surface area contributed by atoms with Crippen LogP contribution in [0.3, 0.4) is 0 Å². The third-order valence-corrected chi connectivity index (χ3v) is 1.32. The molecule has 0 unspecified atom stereocenters. The first-order chi connectivity index (χ1) is 6.09. The van der Waals surface area contributed by atoms with Crippen LogP contribution in [0, 0.1) is 13.8 Å². The Bertz CT molecular complexity index is 275. The molecule has 0 aliphatic carbocycles. The quantitative estimate of drug-likeness (QED) is 0.723. The fraction of sp³-hybridized carbons (Fsp3) is 0.400. The summed E-state index contributed by atoms with van der Waals surface area (Å²) in [6, 6.07) is 3.39. The summed E-state index contributed by atoms with van der Waals surface area (Å²) in [5.41, 5.74) is 1.78. The van der Waals surface area contributed by atoms with Crippen LogP contribution in [0.5, 0.6) is 0 Å². The van der Waals surface area contributed by atoms with Gasteiger partial charge in [-0.15, -0.1) is 0 Å². The van der Waals surface area contributed by atoms with E-state index in [1.807, 2.05) is 26.8 Å². The van der Waals surface area contributed by atoms with Crippen molar-refractivity contribution in [3.05, 3.63) is 29.1 Å². The summed E-state index contributed by atoms with van der Waals surface area (Å²) in [4.78, 5) is 14.3. The molecule has 3 nitrogen and oxygen atoms in total. The van der Waals surface area contributed by atoms with Gasteiger partial charge in [-0.25, -0.2) is 9.78 Å². The molecule has 1 N–H and O–H groups in total. The van der Waals surface area contributed by atoms with E-state index in [1.165, 1.54) is 0 Å². The molecule has 0 atom stereocenters. The zero-order valence-electron chi connectivity index (χ0n) is 8.46. The Kier molecular flexibility index (Phi) is 4.74. The fourth-order valence-electron chi connectivity index (χ4n) is 0.951. The maximum atomic E-state index is 10.4. The van der Waals surface area contributed by atoms with Crippen LogP contribution in [0.25, 0.3) is 0 Å². The van der Waals surface area contributed by atoms with Gasteiger partial charge in [0.25, 0.3) is 0 Å². The van der Waals surface area contributed by atoms with Crippen LogP contribution in [0.1, 0.15) is 35.6 Å². The van der Waals surface area contributed by atoms with Gasteiger partial charge in [-0.1, -0.05) is 13.8 Å². The van der Waals surface area contributed by atoms with Gasteiger partial charge in [-0.3, -0.25) is 0 Å². The molecule has 0 aliphatic heterocycles. The van der Waals surface area contributed by atoms with Crippen molar-refractivity contribution in [3.63, 3.8) is 0 Å². The Balaban J connectivity index is 0.000000671.